The zero-order valence-electron chi connectivity index (χ0n) is 21.8. The topological polar surface area (TPSA) is 67.8 Å². The average molecular weight is 508 g/mol. The van der Waals surface area contributed by atoms with E-state index in [-0.39, 0.29) is 13.2 Å². The van der Waals surface area contributed by atoms with E-state index in [2.05, 4.69) is 79.8 Å². The maximum atomic E-state index is 10.6. The molecule has 0 saturated carbocycles. The Kier molecular flexibility index (Phi) is 9.19. The summed E-state index contributed by atoms with van der Waals surface area (Å²) in [4.78, 5) is 10.6. The maximum absolute atomic E-state index is 10.6. The third-order valence-electron chi connectivity index (χ3n) is 6.24. The first-order chi connectivity index (χ1) is 18.5. The predicted molar refractivity (Wildman–Crippen MR) is 153 cm³/mol. The summed E-state index contributed by atoms with van der Waals surface area (Å²) in [6.07, 6.45) is -0.192. The summed E-state index contributed by atoms with van der Waals surface area (Å²) in [5, 5.41) is 11.0. The zero-order chi connectivity index (χ0) is 26.7. The lowest BCUT2D eigenvalue weighted by atomic mass is 9.88. The van der Waals surface area contributed by atoms with Crippen molar-refractivity contribution in [3.63, 3.8) is 0 Å². The molecule has 0 aliphatic heterocycles. The second-order valence-electron chi connectivity index (χ2n) is 8.98. The molecular formula is C33H33NO4. The Morgan fingerprint density at radius 3 is 1.84 bits per heavy atom. The number of carbonyl (C=O) groups is 1. The van der Waals surface area contributed by atoms with Gasteiger partial charge in [-0.15, -0.1) is 0 Å². The van der Waals surface area contributed by atoms with Crippen molar-refractivity contribution in [1.29, 1.82) is 0 Å². The van der Waals surface area contributed by atoms with E-state index < -0.39 is 6.09 Å². The predicted octanol–water partition coefficient (Wildman–Crippen LogP) is 7.59. The van der Waals surface area contributed by atoms with E-state index in [1.807, 2.05) is 42.5 Å². The Morgan fingerprint density at radius 2 is 1.29 bits per heavy atom. The van der Waals surface area contributed by atoms with Crippen LogP contribution in [-0.4, -0.2) is 24.4 Å². The standard InChI is InChI=1S/C33H33NO4/c1-3-31(26-11-9-24(2)10-12-26)32(27-13-17-29(18-14-27)37-22-21-34-33(35)36)28-15-19-30(20-16-28)38-23-25-7-5-4-6-8-25/h4-20,34H,3,21-23H2,1-2H3,(H,35,36). The van der Waals surface area contributed by atoms with Gasteiger partial charge >= 0.3 is 6.09 Å². The molecule has 0 aliphatic carbocycles. The first kappa shape index (κ1) is 26.6. The monoisotopic (exact) mass is 507 g/mol. The van der Waals surface area contributed by atoms with Crippen molar-refractivity contribution in [3.8, 4) is 11.5 Å². The van der Waals surface area contributed by atoms with Gasteiger partial charge in [0.2, 0.25) is 0 Å². The Morgan fingerprint density at radius 1 is 0.737 bits per heavy atom. The molecule has 0 saturated heterocycles. The minimum Gasteiger partial charge on any atom is -0.492 e. The van der Waals surface area contributed by atoms with Gasteiger partial charge in [0.25, 0.3) is 0 Å². The molecule has 1 amide bonds. The minimum absolute atomic E-state index is 0.230. The first-order valence-electron chi connectivity index (χ1n) is 12.8. The first-order valence-corrected chi connectivity index (χ1v) is 12.8. The van der Waals surface area contributed by atoms with Crippen LogP contribution < -0.4 is 14.8 Å². The van der Waals surface area contributed by atoms with Gasteiger partial charge in [0, 0.05) is 0 Å². The highest BCUT2D eigenvalue weighted by Gasteiger charge is 2.14. The fraction of sp³-hybridized carbons (Fsp3) is 0.182. The van der Waals surface area contributed by atoms with Crippen LogP contribution in [0.15, 0.2) is 103 Å². The molecule has 0 radical (unpaired) electrons. The molecule has 4 aromatic rings. The van der Waals surface area contributed by atoms with Gasteiger partial charge in [-0.2, -0.15) is 0 Å². The summed E-state index contributed by atoms with van der Waals surface area (Å²) in [7, 11) is 0. The highest BCUT2D eigenvalue weighted by atomic mass is 16.5. The molecule has 5 heteroatoms. The summed E-state index contributed by atoms with van der Waals surface area (Å²) < 4.78 is 11.7. The van der Waals surface area contributed by atoms with Gasteiger partial charge in [-0.05, 0) is 71.0 Å². The summed E-state index contributed by atoms with van der Waals surface area (Å²) in [6.45, 7) is 5.30. The van der Waals surface area contributed by atoms with Crippen LogP contribution in [0.3, 0.4) is 0 Å². The lowest BCUT2D eigenvalue weighted by molar-refractivity contribution is 0.191. The van der Waals surface area contributed by atoms with Crippen LogP contribution in [0.5, 0.6) is 11.5 Å². The summed E-state index contributed by atoms with van der Waals surface area (Å²) >= 11 is 0. The van der Waals surface area contributed by atoms with E-state index in [4.69, 9.17) is 14.6 Å². The molecule has 0 atom stereocenters. The number of hydrogen-bond acceptors (Lipinski definition) is 3. The molecule has 0 fully saturated rings. The smallest absolute Gasteiger partial charge is 0.404 e. The number of allylic oxidation sites excluding steroid dienone is 1. The van der Waals surface area contributed by atoms with Gasteiger partial charge in [-0.25, -0.2) is 4.79 Å². The molecule has 0 bridgehead atoms. The van der Waals surface area contributed by atoms with Gasteiger partial charge in [0.05, 0.1) is 6.54 Å². The maximum Gasteiger partial charge on any atom is 0.404 e. The molecule has 38 heavy (non-hydrogen) atoms. The van der Waals surface area contributed by atoms with E-state index >= 15 is 0 Å². The van der Waals surface area contributed by atoms with Crippen molar-refractivity contribution in [2.75, 3.05) is 13.2 Å². The number of rotatable bonds is 11. The number of amides is 1. The van der Waals surface area contributed by atoms with E-state index in [0.29, 0.717) is 12.4 Å². The Labute approximate surface area is 224 Å². The molecule has 0 spiro atoms. The second kappa shape index (κ2) is 13.2. The molecule has 4 rings (SSSR count). The van der Waals surface area contributed by atoms with Crippen LogP contribution in [0.2, 0.25) is 0 Å². The molecule has 0 aliphatic rings. The summed E-state index contributed by atoms with van der Waals surface area (Å²) in [6, 6.07) is 35.0. The highest BCUT2D eigenvalue weighted by Crippen LogP contribution is 2.36. The largest absolute Gasteiger partial charge is 0.492 e. The molecule has 5 nitrogen and oxygen atoms in total. The van der Waals surface area contributed by atoms with Crippen molar-refractivity contribution in [3.05, 3.63) is 131 Å². The fourth-order valence-electron chi connectivity index (χ4n) is 4.30. The van der Waals surface area contributed by atoms with Gasteiger partial charge in [-0.1, -0.05) is 91.3 Å². The van der Waals surface area contributed by atoms with Gasteiger partial charge in [0.1, 0.15) is 24.7 Å². The Hall–Kier alpha value is -4.51. The number of nitrogens with one attached hydrogen (secondary N) is 1. The van der Waals surface area contributed by atoms with Crippen molar-refractivity contribution in [1.82, 2.24) is 5.32 Å². The Balaban J connectivity index is 1.62. The average Bonchev–Trinajstić information content (AvgIpc) is 2.95. The lowest BCUT2D eigenvalue weighted by Crippen LogP contribution is -2.26. The SMILES string of the molecule is CCC(=C(c1ccc(OCCNC(=O)O)cc1)c1ccc(OCc2ccccc2)cc1)c1ccc(C)cc1. The van der Waals surface area contributed by atoms with E-state index in [1.165, 1.54) is 16.7 Å². The molecule has 2 N–H and O–H groups in total. The molecule has 0 heterocycles. The van der Waals surface area contributed by atoms with Crippen LogP contribution >= 0.6 is 0 Å². The van der Waals surface area contributed by atoms with Gasteiger partial charge in [-0.3, -0.25) is 0 Å². The van der Waals surface area contributed by atoms with Gasteiger partial charge < -0.3 is 19.9 Å². The molecule has 0 unspecified atom stereocenters. The molecule has 194 valence electrons. The molecular weight excluding hydrogens is 474 g/mol. The minimum atomic E-state index is -1.06. The number of carboxylic acid groups (broad SMARTS) is 1. The third kappa shape index (κ3) is 7.26. The lowest BCUT2D eigenvalue weighted by Gasteiger charge is -2.17. The number of hydrogen-bond donors (Lipinski definition) is 2. The number of benzene rings is 4. The van der Waals surface area contributed by atoms with Crippen molar-refractivity contribution < 1.29 is 19.4 Å². The van der Waals surface area contributed by atoms with Gasteiger partial charge in [0.15, 0.2) is 0 Å². The van der Waals surface area contributed by atoms with E-state index in [0.717, 1.165) is 34.4 Å². The normalized spacial score (nSPS) is 11.4. The number of ether oxygens (including phenoxy) is 2. The quantitative estimate of drug-likeness (QED) is 0.162. The van der Waals surface area contributed by atoms with Crippen molar-refractivity contribution >= 4 is 17.2 Å². The van der Waals surface area contributed by atoms with Crippen LogP contribution in [-0.2, 0) is 6.61 Å². The van der Waals surface area contributed by atoms with Crippen molar-refractivity contribution in [2.24, 2.45) is 0 Å². The van der Waals surface area contributed by atoms with Crippen LogP contribution in [0.4, 0.5) is 4.79 Å². The second-order valence-corrected chi connectivity index (χ2v) is 8.98. The highest BCUT2D eigenvalue weighted by molar-refractivity contribution is 5.98. The number of aryl methyl sites for hydroxylation is 1. The van der Waals surface area contributed by atoms with Crippen molar-refractivity contribution in [2.45, 2.75) is 26.9 Å². The third-order valence-corrected chi connectivity index (χ3v) is 6.24. The van der Waals surface area contributed by atoms with E-state index in [9.17, 15) is 4.79 Å². The van der Waals surface area contributed by atoms with E-state index in [1.54, 1.807) is 0 Å². The summed E-state index contributed by atoms with van der Waals surface area (Å²) in [5.74, 6) is 1.52. The van der Waals surface area contributed by atoms with Crippen LogP contribution in [0.1, 0.15) is 41.2 Å². The summed E-state index contributed by atoms with van der Waals surface area (Å²) in [5.41, 5.74) is 8.14. The zero-order valence-corrected chi connectivity index (χ0v) is 21.8. The molecule has 4 aromatic carbocycles. The fourth-order valence-corrected chi connectivity index (χ4v) is 4.30. The Bertz CT molecular complexity index is 1340. The molecule has 0 aromatic heterocycles. The van der Waals surface area contributed by atoms with Crippen LogP contribution in [0, 0.1) is 6.92 Å². The van der Waals surface area contributed by atoms with Crippen LogP contribution in [0.25, 0.3) is 11.1 Å².